The molecule has 0 spiro atoms. The molecule has 0 amide bonds. The number of likely N-dealkylation sites (tertiary alicyclic amines) is 1. The second kappa shape index (κ2) is 6.35. The third-order valence-electron chi connectivity index (χ3n) is 4.08. The zero-order valence-corrected chi connectivity index (χ0v) is 12.7. The lowest BCUT2D eigenvalue weighted by molar-refractivity contribution is -0.0406. The molecule has 7 heteroatoms. The van der Waals surface area contributed by atoms with Crippen LogP contribution >= 0.6 is 0 Å². The molecule has 0 saturated carbocycles. The first-order valence-corrected chi connectivity index (χ1v) is 7.45. The van der Waals surface area contributed by atoms with E-state index in [2.05, 4.69) is 4.98 Å². The number of halogens is 2. The molecule has 3 rings (SSSR count). The predicted octanol–water partition coefficient (Wildman–Crippen LogP) is 1.86. The van der Waals surface area contributed by atoms with Crippen LogP contribution in [0.3, 0.4) is 0 Å². The number of hydrogen-bond acceptors (Lipinski definition) is 5. The standard InChI is InChI=1S/C16H18F2N2O3/c1-9-12(7-20-6-5-13(21)14(22)8-20)19-16(23-9)10-3-2-4-11(17)15(10)18/h2-4,13-14,21-22H,5-8H2,1H3/t13-,14-/m1/s1. The molecule has 23 heavy (non-hydrogen) atoms. The van der Waals surface area contributed by atoms with Crippen molar-refractivity contribution in [2.75, 3.05) is 13.1 Å². The van der Waals surface area contributed by atoms with Crippen LogP contribution in [0.1, 0.15) is 17.9 Å². The summed E-state index contributed by atoms with van der Waals surface area (Å²) in [5, 5.41) is 19.3. The van der Waals surface area contributed by atoms with Gasteiger partial charge in [-0.05, 0) is 25.5 Å². The molecular formula is C16H18F2N2O3. The number of hydrogen-bond donors (Lipinski definition) is 2. The number of aryl methyl sites for hydroxylation is 1. The van der Waals surface area contributed by atoms with Gasteiger partial charge in [-0.25, -0.2) is 13.8 Å². The van der Waals surface area contributed by atoms with E-state index in [1.807, 2.05) is 4.90 Å². The van der Waals surface area contributed by atoms with Gasteiger partial charge in [0.25, 0.3) is 0 Å². The van der Waals surface area contributed by atoms with E-state index in [1.54, 1.807) is 6.92 Å². The summed E-state index contributed by atoms with van der Waals surface area (Å²) >= 11 is 0. The molecule has 1 aliphatic rings. The van der Waals surface area contributed by atoms with E-state index >= 15 is 0 Å². The van der Waals surface area contributed by atoms with E-state index in [1.165, 1.54) is 12.1 Å². The number of aliphatic hydroxyl groups is 2. The van der Waals surface area contributed by atoms with Crippen LogP contribution in [0.5, 0.6) is 0 Å². The fourth-order valence-electron chi connectivity index (χ4n) is 2.70. The molecular weight excluding hydrogens is 306 g/mol. The molecule has 1 aromatic heterocycles. The van der Waals surface area contributed by atoms with Crippen molar-refractivity contribution < 1.29 is 23.4 Å². The van der Waals surface area contributed by atoms with Crippen LogP contribution in [-0.2, 0) is 6.54 Å². The number of piperidine rings is 1. The molecule has 1 fully saturated rings. The number of rotatable bonds is 3. The fraction of sp³-hybridized carbons (Fsp3) is 0.438. The topological polar surface area (TPSA) is 69.7 Å². The minimum Gasteiger partial charge on any atom is -0.441 e. The minimum absolute atomic E-state index is 0.0200. The maximum absolute atomic E-state index is 13.8. The lowest BCUT2D eigenvalue weighted by Gasteiger charge is -2.32. The van der Waals surface area contributed by atoms with E-state index in [4.69, 9.17) is 4.42 Å². The molecule has 1 aromatic carbocycles. The first kappa shape index (κ1) is 16.0. The van der Waals surface area contributed by atoms with E-state index in [0.717, 1.165) is 6.07 Å². The average Bonchev–Trinajstić information content (AvgIpc) is 2.87. The average molecular weight is 324 g/mol. The lowest BCUT2D eigenvalue weighted by Crippen LogP contribution is -2.46. The zero-order valence-electron chi connectivity index (χ0n) is 12.7. The number of aliphatic hydroxyl groups excluding tert-OH is 2. The van der Waals surface area contributed by atoms with Gasteiger partial charge in [-0.2, -0.15) is 0 Å². The smallest absolute Gasteiger partial charge is 0.229 e. The van der Waals surface area contributed by atoms with Crippen LogP contribution in [0.25, 0.3) is 11.5 Å². The van der Waals surface area contributed by atoms with Crippen molar-refractivity contribution >= 4 is 0 Å². The van der Waals surface area contributed by atoms with Crippen LogP contribution in [-0.4, -0.2) is 45.4 Å². The summed E-state index contributed by atoms with van der Waals surface area (Å²) in [6, 6.07) is 3.85. The van der Waals surface area contributed by atoms with E-state index < -0.39 is 23.8 Å². The van der Waals surface area contributed by atoms with E-state index in [-0.39, 0.29) is 11.5 Å². The second-order valence-corrected chi connectivity index (χ2v) is 5.78. The van der Waals surface area contributed by atoms with Crippen molar-refractivity contribution in [1.29, 1.82) is 0 Å². The normalized spacial score (nSPS) is 22.5. The van der Waals surface area contributed by atoms with Crippen LogP contribution < -0.4 is 0 Å². The molecule has 5 nitrogen and oxygen atoms in total. The Balaban J connectivity index is 1.80. The van der Waals surface area contributed by atoms with Crippen molar-refractivity contribution in [3.63, 3.8) is 0 Å². The molecule has 2 heterocycles. The Kier molecular flexibility index (Phi) is 4.43. The molecule has 2 atom stereocenters. The van der Waals surface area contributed by atoms with Crippen LogP contribution in [0.4, 0.5) is 8.78 Å². The fourth-order valence-corrected chi connectivity index (χ4v) is 2.70. The molecule has 0 aliphatic carbocycles. The molecule has 2 aromatic rings. The van der Waals surface area contributed by atoms with Gasteiger partial charge in [0.1, 0.15) is 5.76 Å². The SMILES string of the molecule is Cc1oc(-c2cccc(F)c2F)nc1CN1CC[C@@H](O)[C@H](O)C1. The lowest BCUT2D eigenvalue weighted by atomic mass is 10.1. The van der Waals surface area contributed by atoms with Gasteiger partial charge in [0.15, 0.2) is 11.6 Å². The monoisotopic (exact) mass is 324 g/mol. The minimum atomic E-state index is -0.989. The molecule has 1 saturated heterocycles. The Labute approximate surface area is 132 Å². The summed E-state index contributed by atoms with van der Waals surface area (Å²) in [6.07, 6.45) is -1.03. The number of β-amino-alcohol motifs (C(OH)–C–C–N with tert-alkyl or cyclic N) is 1. The first-order chi connectivity index (χ1) is 11.0. The highest BCUT2D eigenvalue weighted by Gasteiger charge is 2.27. The summed E-state index contributed by atoms with van der Waals surface area (Å²) in [5.74, 6) is -1.39. The maximum atomic E-state index is 13.8. The Morgan fingerprint density at radius 1 is 1.30 bits per heavy atom. The Morgan fingerprint density at radius 2 is 2.09 bits per heavy atom. The molecule has 0 unspecified atom stereocenters. The van der Waals surface area contributed by atoms with Crippen LogP contribution in [0, 0.1) is 18.6 Å². The van der Waals surface area contributed by atoms with Gasteiger partial charge < -0.3 is 14.6 Å². The quantitative estimate of drug-likeness (QED) is 0.902. The van der Waals surface area contributed by atoms with Gasteiger partial charge in [-0.3, -0.25) is 4.90 Å². The largest absolute Gasteiger partial charge is 0.441 e. The van der Waals surface area contributed by atoms with E-state index in [0.29, 0.717) is 37.5 Å². The van der Waals surface area contributed by atoms with Gasteiger partial charge >= 0.3 is 0 Å². The van der Waals surface area contributed by atoms with Gasteiger partial charge in [0, 0.05) is 19.6 Å². The van der Waals surface area contributed by atoms with Gasteiger partial charge in [-0.1, -0.05) is 6.07 Å². The number of benzene rings is 1. The molecule has 0 bridgehead atoms. The molecule has 124 valence electrons. The Morgan fingerprint density at radius 3 is 2.83 bits per heavy atom. The molecule has 2 N–H and O–H groups in total. The summed E-state index contributed by atoms with van der Waals surface area (Å²) in [4.78, 5) is 6.20. The molecule has 0 radical (unpaired) electrons. The first-order valence-electron chi connectivity index (χ1n) is 7.45. The third-order valence-corrected chi connectivity index (χ3v) is 4.08. The maximum Gasteiger partial charge on any atom is 0.229 e. The van der Waals surface area contributed by atoms with Crippen LogP contribution in [0.2, 0.25) is 0 Å². The zero-order chi connectivity index (χ0) is 16.6. The summed E-state index contributed by atoms with van der Waals surface area (Å²) in [7, 11) is 0. The highest BCUT2D eigenvalue weighted by Crippen LogP contribution is 2.26. The third kappa shape index (κ3) is 3.26. The highest BCUT2D eigenvalue weighted by atomic mass is 19.2. The number of nitrogens with zero attached hydrogens (tertiary/aromatic N) is 2. The van der Waals surface area contributed by atoms with Gasteiger partial charge in [-0.15, -0.1) is 0 Å². The Hall–Kier alpha value is -1.83. The molecule has 1 aliphatic heterocycles. The Bertz CT molecular complexity index is 705. The van der Waals surface area contributed by atoms with Crippen molar-refractivity contribution in [2.45, 2.75) is 32.1 Å². The predicted molar refractivity (Wildman–Crippen MR) is 78.5 cm³/mol. The van der Waals surface area contributed by atoms with Gasteiger partial charge in [0.2, 0.25) is 5.89 Å². The van der Waals surface area contributed by atoms with E-state index in [9.17, 15) is 19.0 Å². The van der Waals surface area contributed by atoms with Crippen molar-refractivity contribution in [2.24, 2.45) is 0 Å². The van der Waals surface area contributed by atoms with Crippen molar-refractivity contribution in [1.82, 2.24) is 9.88 Å². The van der Waals surface area contributed by atoms with Crippen molar-refractivity contribution in [3.05, 3.63) is 41.3 Å². The highest BCUT2D eigenvalue weighted by molar-refractivity contribution is 5.54. The summed E-state index contributed by atoms with van der Waals surface area (Å²) < 4.78 is 32.6. The number of aromatic nitrogens is 1. The van der Waals surface area contributed by atoms with Gasteiger partial charge in [0.05, 0.1) is 23.5 Å². The van der Waals surface area contributed by atoms with Crippen LogP contribution in [0.15, 0.2) is 22.6 Å². The second-order valence-electron chi connectivity index (χ2n) is 5.78. The number of oxazole rings is 1. The summed E-state index contributed by atoms with van der Waals surface area (Å²) in [6.45, 7) is 3.07. The summed E-state index contributed by atoms with van der Waals surface area (Å²) in [5.41, 5.74) is 0.584. The van der Waals surface area contributed by atoms with Crippen molar-refractivity contribution in [3.8, 4) is 11.5 Å².